The van der Waals surface area contributed by atoms with Gasteiger partial charge in [-0.2, -0.15) is 0 Å². The summed E-state index contributed by atoms with van der Waals surface area (Å²) >= 11 is 0. The Morgan fingerprint density at radius 1 is 0.935 bits per heavy atom. The van der Waals surface area contributed by atoms with Gasteiger partial charge < -0.3 is 10.2 Å². The van der Waals surface area contributed by atoms with Crippen LogP contribution in [0.1, 0.15) is 29.9 Å². The van der Waals surface area contributed by atoms with E-state index in [4.69, 9.17) is 5.11 Å². The van der Waals surface area contributed by atoms with Gasteiger partial charge in [-0.3, -0.25) is 14.6 Å². The van der Waals surface area contributed by atoms with Gasteiger partial charge in [0, 0.05) is 19.3 Å². The number of hydrogen-bond acceptors (Lipinski definition) is 4. The quantitative estimate of drug-likeness (QED) is 0.565. The van der Waals surface area contributed by atoms with Gasteiger partial charge in [0.05, 0.1) is 11.3 Å². The molecule has 0 aromatic heterocycles. The summed E-state index contributed by atoms with van der Waals surface area (Å²) < 4.78 is 0. The fourth-order valence-corrected chi connectivity index (χ4v) is 4.20. The Morgan fingerprint density at radius 2 is 1.65 bits per heavy atom. The number of fused-ring (bicyclic) bond motifs is 1. The second kappa shape index (κ2) is 8.96. The molecule has 1 atom stereocenters. The number of aliphatic imine (C=N–C) groups is 1. The molecule has 0 aliphatic heterocycles. The van der Waals surface area contributed by atoms with Crippen molar-refractivity contribution in [3.63, 3.8) is 0 Å². The third kappa shape index (κ3) is 4.56. The number of carbonyl (C=O) groups excluding carboxylic acids is 1. The molecule has 0 fully saturated rings. The molecule has 2 N–H and O–H groups in total. The zero-order valence-electron chi connectivity index (χ0n) is 17.0. The zero-order valence-corrected chi connectivity index (χ0v) is 17.0. The van der Waals surface area contributed by atoms with Crippen molar-refractivity contribution in [1.82, 2.24) is 0 Å². The molecule has 5 heteroatoms. The molecule has 1 aliphatic rings. The van der Waals surface area contributed by atoms with Crippen LogP contribution in [0, 0.1) is 0 Å². The minimum atomic E-state index is -1.08. The summed E-state index contributed by atoms with van der Waals surface area (Å²) in [5.74, 6) is -1.41. The average Bonchev–Trinajstić information content (AvgIpc) is 2.77. The van der Waals surface area contributed by atoms with Gasteiger partial charge >= 0.3 is 5.97 Å². The Bertz CT molecular complexity index is 1190. The topological polar surface area (TPSA) is 87.0 Å². The number of aliphatic hydroxyl groups is 1. The summed E-state index contributed by atoms with van der Waals surface area (Å²) in [4.78, 5) is 28.5. The third-order valence-corrected chi connectivity index (χ3v) is 5.64. The maximum Gasteiger partial charge on any atom is 0.325 e. The van der Waals surface area contributed by atoms with E-state index in [2.05, 4.69) is 4.99 Å². The van der Waals surface area contributed by atoms with Gasteiger partial charge in [-0.1, -0.05) is 72.8 Å². The van der Waals surface area contributed by atoms with Crippen LogP contribution in [-0.4, -0.2) is 34.2 Å². The van der Waals surface area contributed by atoms with Crippen molar-refractivity contribution >= 4 is 28.2 Å². The number of aliphatic carboxylic acids is 1. The monoisotopic (exact) mass is 413 g/mol. The first-order valence-corrected chi connectivity index (χ1v) is 10.3. The van der Waals surface area contributed by atoms with Crippen LogP contribution < -0.4 is 0 Å². The third-order valence-electron chi connectivity index (χ3n) is 5.64. The summed E-state index contributed by atoms with van der Waals surface area (Å²) in [6, 6.07) is 23.4. The summed E-state index contributed by atoms with van der Waals surface area (Å²) in [5, 5.41) is 22.0. The fourth-order valence-electron chi connectivity index (χ4n) is 4.20. The maximum absolute atomic E-state index is 13.1. The number of carboxylic acids is 1. The first kappa shape index (κ1) is 20.5. The number of carbonyl (C=O) groups is 2. The summed E-state index contributed by atoms with van der Waals surface area (Å²) in [5.41, 5.74) is 2.43. The lowest BCUT2D eigenvalue weighted by molar-refractivity contribution is -0.135. The Kier molecular flexibility index (Phi) is 5.94. The first-order valence-electron chi connectivity index (χ1n) is 10.3. The minimum absolute atomic E-state index is 0.0190. The number of hydrogen-bond donors (Lipinski definition) is 2. The Labute approximate surface area is 180 Å². The lowest BCUT2D eigenvalue weighted by Gasteiger charge is -2.25. The van der Waals surface area contributed by atoms with Crippen molar-refractivity contribution in [2.75, 3.05) is 6.54 Å². The fraction of sp³-hybridized carbons (Fsp3) is 0.192. The van der Waals surface area contributed by atoms with Crippen LogP contribution in [-0.2, 0) is 16.0 Å². The van der Waals surface area contributed by atoms with E-state index in [1.54, 1.807) is 0 Å². The van der Waals surface area contributed by atoms with E-state index in [1.165, 1.54) is 0 Å². The van der Waals surface area contributed by atoms with Gasteiger partial charge in [0.1, 0.15) is 12.3 Å². The molecule has 3 aromatic rings. The van der Waals surface area contributed by atoms with Crippen molar-refractivity contribution in [3.8, 4) is 0 Å². The van der Waals surface area contributed by atoms with Crippen LogP contribution in [0.3, 0.4) is 0 Å². The van der Waals surface area contributed by atoms with Gasteiger partial charge in [0.15, 0.2) is 5.78 Å². The number of benzene rings is 3. The average molecular weight is 413 g/mol. The van der Waals surface area contributed by atoms with Crippen LogP contribution in [0.4, 0.5) is 0 Å². The van der Waals surface area contributed by atoms with Gasteiger partial charge in [0.25, 0.3) is 0 Å². The second-order valence-corrected chi connectivity index (χ2v) is 7.73. The first-order chi connectivity index (χ1) is 15.0. The summed E-state index contributed by atoms with van der Waals surface area (Å²) in [6.07, 6.45) is 0.855. The molecular weight excluding hydrogens is 390 g/mol. The van der Waals surface area contributed by atoms with Crippen molar-refractivity contribution < 1.29 is 19.8 Å². The molecule has 1 aliphatic carbocycles. The van der Waals surface area contributed by atoms with Crippen LogP contribution >= 0.6 is 0 Å². The lowest BCUT2D eigenvalue weighted by atomic mass is 9.80. The van der Waals surface area contributed by atoms with Gasteiger partial charge in [0.2, 0.25) is 0 Å². The van der Waals surface area contributed by atoms with Crippen LogP contribution in [0.2, 0.25) is 0 Å². The molecule has 1 unspecified atom stereocenters. The number of allylic oxidation sites excluding steroid dienone is 2. The van der Waals surface area contributed by atoms with Gasteiger partial charge in [-0.15, -0.1) is 0 Å². The molecule has 0 amide bonds. The summed E-state index contributed by atoms with van der Waals surface area (Å²) in [6.45, 7) is -0.452. The molecule has 3 aromatic carbocycles. The highest BCUT2D eigenvalue weighted by molar-refractivity contribution is 6.24. The molecule has 5 nitrogen and oxygen atoms in total. The molecule has 4 rings (SSSR count). The molecule has 0 radical (unpaired) electrons. The van der Waals surface area contributed by atoms with Crippen LogP contribution in [0.25, 0.3) is 10.8 Å². The Hall–Kier alpha value is -3.73. The lowest BCUT2D eigenvalue weighted by Crippen LogP contribution is -2.25. The molecule has 0 spiro atoms. The van der Waals surface area contributed by atoms with Crippen molar-refractivity contribution in [1.29, 1.82) is 0 Å². The van der Waals surface area contributed by atoms with Gasteiger partial charge in [-0.05, 0) is 27.8 Å². The van der Waals surface area contributed by atoms with Crippen LogP contribution in [0.15, 0.2) is 89.1 Å². The van der Waals surface area contributed by atoms with Crippen LogP contribution in [0.5, 0.6) is 0 Å². The minimum Gasteiger partial charge on any atom is -0.511 e. The van der Waals surface area contributed by atoms with E-state index in [9.17, 15) is 14.7 Å². The highest BCUT2D eigenvalue weighted by Crippen LogP contribution is 2.34. The van der Waals surface area contributed by atoms with Crippen molar-refractivity contribution in [2.24, 2.45) is 4.99 Å². The molecular formula is C26H23NO4. The smallest absolute Gasteiger partial charge is 0.325 e. The second-order valence-electron chi connectivity index (χ2n) is 7.73. The number of rotatable bonds is 6. The number of Topliss-reactive ketones (excluding diaryl/α,β-unsaturated/α-hetero) is 1. The number of nitrogens with zero attached hydrogens (tertiary/aromatic N) is 1. The Balaban J connectivity index is 1.71. The molecule has 0 heterocycles. The van der Waals surface area contributed by atoms with E-state index < -0.39 is 12.5 Å². The molecule has 0 saturated carbocycles. The predicted molar refractivity (Wildman–Crippen MR) is 121 cm³/mol. The molecule has 31 heavy (non-hydrogen) atoms. The molecule has 156 valence electrons. The molecule has 0 bridgehead atoms. The normalized spacial score (nSPS) is 17.2. The largest absolute Gasteiger partial charge is 0.511 e. The SMILES string of the molecule is O=C(O)CN=C(Cc1cccc2ccccc12)C1=C(O)CC(c2ccccc2)CC1=O. The number of ketones is 1. The zero-order chi connectivity index (χ0) is 21.8. The molecule has 0 saturated heterocycles. The highest BCUT2D eigenvalue weighted by Gasteiger charge is 2.31. The number of carboxylic acid groups (broad SMARTS) is 1. The summed E-state index contributed by atoms with van der Waals surface area (Å²) in [7, 11) is 0. The number of aliphatic hydroxyl groups excluding tert-OH is 1. The van der Waals surface area contributed by atoms with Gasteiger partial charge in [-0.25, -0.2) is 0 Å². The van der Waals surface area contributed by atoms with Crippen molar-refractivity contribution in [2.45, 2.75) is 25.2 Å². The van der Waals surface area contributed by atoms with E-state index in [1.807, 2.05) is 72.8 Å². The standard InChI is InChI=1S/C26H23NO4/c28-23-14-20(17-7-2-1-3-8-17)15-24(29)26(23)22(27-16-25(30)31)13-19-11-6-10-18-9-4-5-12-21(18)19/h1-12,20,28H,13-16H2,(H,30,31). The highest BCUT2D eigenvalue weighted by atomic mass is 16.4. The van der Waals surface area contributed by atoms with E-state index in [0.29, 0.717) is 12.1 Å². The van der Waals surface area contributed by atoms with E-state index in [-0.39, 0.29) is 35.9 Å². The maximum atomic E-state index is 13.1. The Morgan fingerprint density at radius 3 is 2.39 bits per heavy atom. The van der Waals surface area contributed by atoms with E-state index in [0.717, 1.165) is 21.9 Å². The van der Waals surface area contributed by atoms with E-state index >= 15 is 0 Å². The predicted octanol–water partition coefficient (Wildman–Crippen LogP) is 4.87. The van der Waals surface area contributed by atoms with Crippen molar-refractivity contribution in [3.05, 3.63) is 95.3 Å².